The van der Waals surface area contributed by atoms with Crippen LogP contribution in [-0.2, 0) is 11.3 Å². The Balaban J connectivity index is 1.48. The Bertz CT molecular complexity index is 776. The lowest BCUT2D eigenvalue weighted by Crippen LogP contribution is -2.38. The first-order chi connectivity index (χ1) is 13.7. The van der Waals surface area contributed by atoms with Gasteiger partial charge in [0.05, 0.1) is 26.9 Å². The molecule has 28 heavy (non-hydrogen) atoms. The highest BCUT2D eigenvalue weighted by molar-refractivity contribution is 5.92. The third-order valence-electron chi connectivity index (χ3n) is 4.45. The summed E-state index contributed by atoms with van der Waals surface area (Å²) in [6.45, 7) is 5.59. The summed E-state index contributed by atoms with van der Waals surface area (Å²) in [5.41, 5.74) is 7.87. The number of methoxy groups -OCH3 is 1. The molecule has 0 amide bonds. The fourth-order valence-corrected chi connectivity index (χ4v) is 2.92. The Morgan fingerprint density at radius 3 is 2.75 bits per heavy atom. The monoisotopic (exact) mass is 384 g/mol. The molecule has 3 rings (SSSR count). The third kappa shape index (κ3) is 6.44. The number of hydrogen-bond acceptors (Lipinski definition) is 5. The number of anilines is 1. The molecule has 0 unspecified atom stereocenters. The van der Waals surface area contributed by atoms with Crippen molar-refractivity contribution in [1.29, 1.82) is 0 Å². The third-order valence-corrected chi connectivity index (χ3v) is 4.45. The number of guanidine groups is 1. The van der Waals surface area contributed by atoms with Gasteiger partial charge in [-0.3, -0.25) is 4.90 Å². The Kier molecular flexibility index (Phi) is 7.52. The standard InChI is InChI=1S/C21H28N4O3/c1-26-19-6-3-5-18(15-19)24-21(22)23-16-17-4-2-7-20(14-17)28-13-10-25-8-11-27-12-9-25/h2-7,14-15H,8-13,16H2,1H3,(H3,22,23,24). The second-order valence-corrected chi connectivity index (χ2v) is 6.51. The average molecular weight is 384 g/mol. The molecule has 0 bridgehead atoms. The number of rotatable bonds is 8. The fourth-order valence-electron chi connectivity index (χ4n) is 2.92. The van der Waals surface area contributed by atoms with Gasteiger partial charge in [-0.2, -0.15) is 0 Å². The maximum Gasteiger partial charge on any atom is 0.193 e. The maximum atomic E-state index is 6.00. The van der Waals surface area contributed by atoms with E-state index in [9.17, 15) is 0 Å². The van der Waals surface area contributed by atoms with E-state index in [1.807, 2.05) is 48.5 Å². The van der Waals surface area contributed by atoms with Crippen LogP contribution in [-0.4, -0.2) is 57.4 Å². The number of morpholine rings is 1. The van der Waals surface area contributed by atoms with E-state index in [2.05, 4.69) is 15.2 Å². The molecule has 0 spiro atoms. The van der Waals surface area contributed by atoms with E-state index in [1.54, 1.807) is 7.11 Å². The van der Waals surface area contributed by atoms with Crippen molar-refractivity contribution < 1.29 is 14.2 Å². The summed E-state index contributed by atoms with van der Waals surface area (Å²) in [6, 6.07) is 15.5. The SMILES string of the molecule is COc1cccc(NC(N)=NCc2cccc(OCCN3CCOCC3)c2)c1. The maximum absolute atomic E-state index is 6.00. The Hall–Kier alpha value is -2.77. The van der Waals surface area contributed by atoms with Gasteiger partial charge in [-0.15, -0.1) is 0 Å². The molecule has 0 saturated carbocycles. The zero-order valence-corrected chi connectivity index (χ0v) is 16.3. The predicted octanol–water partition coefficient (Wildman–Crippen LogP) is 2.33. The minimum Gasteiger partial charge on any atom is -0.497 e. The normalized spacial score (nSPS) is 15.2. The Morgan fingerprint density at radius 2 is 1.93 bits per heavy atom. The molecule has 1 heterocycles. The summed E-state index contributed by atoms with van der Waals surface area (Å²) in [4.78, 5) is 6.75. The first kappa shape index (κ1) is 20.0. The Morgan fingerprint density at radius 1 is 1.14 bits per heavy atom. The van der Waals surface area contributed by atoms with E-state index in [0.29, 0.717) is 19.1 Å². The second kappa shape index (κ2) is 10.5. The quantitative estimate of drug-likeness (QED) is 0.537. The molecule has 7 heteroatoms. The number of nitrogens with one attached hydrogen (secondary N) is 1. The summed E-state index contributed by atoms with van der Waals surface area (Å²) in [5, 5.41) is 3.07. The van der Waals surface area contributed by atoms with Crippen molar-refractivity contribution in [1.82, 2.24) is 4.90 Å². The van der Waals surface area contributed by atoms with Crippen molar-refractivity contribution in [2.45, 2.75) is 6.54 Å². The zero-order valence-electron chi connectivity index (χ0n) is 16.3. The molecular formula is C21H28N4O3. The average Bonchev–Trinajstić information content (AvgIpc) is 2.73. The molecule has 1 fully saturated rings. The number of aliphatic imine (C=N–C) groups is 1. The highest BCUT2D eigenvalue weighted by Crippen LogP contribution is 2.17. The summed E-state index contributed by atoms with van der Waals surface area (Å²) >= 11 is 0. The molecule has 1 saturated heterocycles. The van der Waals surface area contributed by atoms with Crippen LogP contribution < -0.4 is 20.5 Å². The molecule has 150 valence electrons. The van der Waals surface area contributed by atoms with Crippen molar-refractivity contribution in [2.24, 2.45) is 10.7 Å². The molecule has 1 aliphatic rings. The van der Waals surface area contributed by atoms with Crippen molar-refractivity contribution in [3.63, 3.8) is 0 Å². The lowest BCUT2D eigenvalue weighted by Gasteiger charge is -2.26. The van der Waals surface area contributed by atoms with Crippen molar-refractivity contribution in [3.8, 4) is 11.5 Å². The molecule has 2 aromatic carbocycles. The van der Waals surface area contributed by atoms with Crippen LogP contribution in [0.5, 0.6) is 11.5 Å². The van der Waals surface area contributed by atoms with Gasteiger partial charge in [0, 0.05) is 31.4 Å². The van der Waals surface area contributed by atoms with E-state index in [-0.39, 0.29) is 0 Å². The summed E-state index contributed by atoms with van der Waals surface area (Å²) < 4.78 is 16.5. The number of nitrogens with zero attached hydrogens (tertiary/aromatic N) is 2. The molecule has 0 aromatic heterocycles. The largest absolute Gasteiger partial charge is 0.497 e. The first-order valence-electron chi connectivity index (χ1n) is 9.46. The van der Waals surface area contributed by atoms with Crippen LogP contribution in [0.4, 0.5) is 5.69 Å². The Labute approximate surface area is 166 Å². The van der Waals surface area contributed by atoms with Crippen LogP contribution in [0.1, 0.15) is 5.56 Å². The van der Waals surface area contributed by atoms with Gasteiger partial charge in [-0.1, -0.05) is 18.2 Å². The van der Waals surface area contributed by atoms with Gasteiger partial charge in [0.25, 0.3) is 0 Å². The molecular weight excluding hydrogens is 356 g/mol. The van der Waals surface area contributed by atoms with E-state index >= 15 is 0 Å². The number of benzene rings is 2. The predicted molar refractivity (Wildman–Crippen MR) is 111 cm³/mol. The first-order valence-corrected chi connectivity index (χ1v) is 9.46. The highest BCUT2D eigenvalue weighted by atomic mass is 16.5. The van der Waals surface area contributed by atoms with Crippen LogP contribution >= 0.6 is 0 Å². The van der Waals surface area contributed by atoms with Crippen molar-refractivity contribution in [2.75, 3.05) is 51.9 Å². The van der Waals surface area contributed by atoms with Gasteiger partial charge >= 0.3 is 0 Å². The molecule has 0 radical (unpaired) electrons. The molecule has 3 N–H and O–H groups in total. The topological polar surface area (TPSA) is 81.3 Å². The van der Waals surface area contributed by atoms with E-state index < -0.39 is 0 Å². The van der Waals surface area contributed by atoms with E-state index in [0.717, 1.165) is 55.6 Å². The van der Waals surface area contributed by atoms with E-state index in [1.165, 1.54) is 0 Å². The van der Waals surface area contributed by atoms with Crippen LogP contribution in [0, 0.1) is 0 Å². The lowest BCUT2D eigenvalue weighted by atomic mass is 10.2. The fraction of sp³-hybridized carbons (Fsp3) is 0.381. The number of nitrogens with two attached hydrogens (primary N) is 1. The summed E-state index contributed by atoms with van der Waals surface area (Å²) in [7, 11) is 1.63. The smallest absolute Gasteiger partial charge is 0.193 e. The minimum absolute atomic E-state index is 0.354. The molecule has 0 aliphatic carbocycles. The second-order valence-electron chi connectivity index (χ2n) is 6.51. The van der Waals surface area contributed by atoms with Crippen molar-refractivity contribution >= 4 is 11.6 Å². The van der Waals surface area contributed by atoms with Crippen LogP contribution in [0.15, 0.2) is 53.5 Å². The molecule has 7 nitrogen and oxygen atoms in total. The number of ether oxygens (including phenoxy) is 3. The van der Waals surface area contributed by atoms with Gasteiger partial charge < -0.3 is 25.3 Å². The molecule has 0 atom stereocenters. The van der Waals surface area contributed by atoms with Gasteiger partial charge in [-0.05, 0) is 29.8 Å². The zero-order chi connectivity index (χ0) is 19.6. The summed E-state index contributed by atoms with van der Waals surface area (Å²) in [6.07, 6.45) is 0. The van der Waals surface area contributed by atoms with Gasteiger partial charge in [0.15, 0.2) is 5.96 Å². The molecule has 2 aromatic rings. The molecule has 1 aliphatic heterocycles. The van der Waals surface area contributed by atoms with Crippen LogP contribution in [0.3, 0.4) is 0 Å². The minimum atomic E-state index is 0.354. The van der Waals surface area contributed by atoms with Crippen LogP contribution in [0.2, 0.25) is 0 Å². The van der Waals surface area contributed by atoms with Gasteiger partial charge in [0.1, 0.15) is 18.1 Å². The lowest BCUT2D eigenvalue weighted by molar-refractivity contribution is 0.0322. The number of hydrogen-bond donors (Lipinski definition) is 2. The van der Waals surface area contributed by atoms with E-state index in [4.69, 9.17) is 19.9 Å². The van der Waals surface area contributed by atoms with Crippen LogP contribution in [0.25, 0.3) is 0 Å². The summed E-state index contributed by atoms with van der Waals surface area (Å²) in [5.74, 6) is 1.96. The highest BCUT2D eigenvalue weighted by Gasteiger charge is 2.09. The van der Waals surface area contributed by atoms with Gasteiger partial charge in [0.2, 0.25) is 0 Å². The van der Waals surface area contributed by atoms with Crippen molar-refractivity contribution in [3.05, 3.63) is 54.1 Å². The van der Waals surface area contributed by atoms with Gasteiger partial charge in [-0.25, -0.2) is 4.99 Å².